The first-order valence-electron chi connectivity index (χ1n) is 6.45. The smallest absolute Gasteiger partial charge is 0.248 e. The zero-order chi connectivity index (χ0) is 13.1. The lowest BCUT2D eigenvalue weighted by Crippen LogP contribution is -2.55. The molecule has 0 spiro atoms. The summed E-state index contributed by atoms with van der Waals surface area (Å²) >= 11 is 0. The van der Waals surface area contributed by atoms with Crippen LogP contribution in [-0.2, 0) is 9.53 Å². The Hall–Kier alpha value is -0.610. The van der Waals surface area contributed by atoms with Crippen molar-refractivity contribution in [2.75, 3.05) is 32.8 Å². The third kappa shape index (κ3) is 4.64. The van der Waals surface area contributed by atoms with Crippen LogP contribution in [0.5, 0.6) is 0 Å². The maximum Gasteiger partial charge on any atom is 0.248 e. The Morgan fingerprint density at radius 1 is 1.18 bits per heavy atom. The molecule has 1 amide bonds. The van der Waals surface area contributed by atoms with Gasteiger partial charge in [-0.05, 0) is 34.6 Å². The number of nitrogens with zero attached hydrogens (tertiary/aromatic N) is 2. The van der Waals surface area contributed by atoms with E-state index in [-0.39, 0.29) is 24.2 Å². The maximum atomic E-state index is 11.8. The number of carbonyl (C=O) groups excluding carboxylic acids is 1. The fraction of sp³-hybridized carbons (Fsp3) is 0.923. The lowest BCUT2D eigenvalue weighted by Gasteiger charge is -2.42. The van der Waals surface area contributed by atoms with Crippen LogP contribution in [0.25, 0.3) is 0 Å². The second kappa shape index (κ2) is 5.83. The molecule has 1 heterocycles. The second-order valence-corrected chi connectivity index (χ2v) is 5.90. The van der Waals surface area contributed by atoms with Crippen molar-refractivity contribution in [3.05, 3.63) is 0 Å². The summed E-state index contributed by atoms with van der Waals surface area (Å²) in [6.07, 6.45) is 0.120. The van der Waals surface area contributed by atoms with Crippen LogP contribution in [0, 0.1) is 0 Å². The Bertz CT molecular complexity index is 251. The van der Waals surface area contributed by atoms with E-state index in [0.29, 0.717) is 0 Å². The minimum absolute atomic E-state index is 0.118. The summed E-state index contributed by atoms with van der Waals surface area (Å²) in [5.41, 5.74) is 0.198. The monoisotopic (exact) mass is 242 g/mol. The number of amides is 1. The molecule has 0 aromatic heterocycles. The highest BCUT2D eigenvalue weighted by Crippen LogP contribution is 2.15. The quantitative estimate of drug-likeness (QED) is 0.749. The van der Waals surface area contributed by atoms with E-state index in [1.54, 1.807) is 0 Å². The molecule has 1 saturated heterocycles. The minimum Gasteiger partial charge on any atom is -0.369 e. The molecule has 0 aromatic carbocycles. The van der Waals surface area contributed by atoms with Gasteiger partial charge >= 0.3 is 0 Å². The van der Waals surface area contributed by atoms with Gasteiger partial charge < -0.3 is 9.64 Å². The molecular weight excluding hydrogens is 216 g/mol. The van der Waals surface area contributed by atoms with E-state index in [1.165, 1.54) is 0 Å². The van der Waals surface area contributed by atoms with E-state index in [0.717, 1.165) is 26.2 Å². The largest absolute Gasteiger partial charge is 0.369 e. The van der Waals surface area contributed by atoms with Crippen LogP contribution in [0.4, 0.5) is 0 Å². The second-order valence-electron chi connectivity index (χ2n) is 5.90. The van der Waals surface area contributed by atoms with Crippen LogP contribution in [0.15, 0.2) is 0 Å². The zero-order valence-electron chi connectivity index (χ0n) is 11.8. The fourth-order valence-corrected chi connectivity index (χ4v) is 1.96. The Labute approximate surface area is 105 Å². The van der Waals surface area contributed by atoms with Crippen LogP contribution in [0.2, 0.25) is 0 Å². The van der Waals surface area contributed by atoms with Crippen molar-refractivity contribution in [2.24, 2.45) is 0 Å². The molecule has 0 aromatic rings. The first-order valence-corrected chi connectivity index (χ1v) is 6.45. The zero-order valence-corrected chi connectivity index (χ0v) is 11.8. The highest BCUT2D eigenvalue weighted by molar-refractivity contribution is 5.77. The molecule has 1 aliphatic rings. The molecule has 0 unspecified atom stereocenters. The maximum absolute atomic E-state index is 11.8. The number of carbonyl (C=O) groups is 1. The fourth-order valence-electron chi connectivity index (χ4n) is 1.96. The average Bonchev–Trinajstić information content (AvgIpc) is 2.25. The molecule has 100 valence electrons. The molecule has 0 aliphatic carbocycles. The first-order chi connectivity index (χ1) is 7.80. The van der Waals surface area contributed by atoms with Gasteiger partial charge in [-0.3, -0.25) is 9.69 Å². The Balaban J connectivity index is 2.34. The third-order valence-electron chi connectivity index (χ3n) is 3.12. The van der Waals surface area contributed by atoms with Gasteiger partial charge in [0.1, 0.15) is 6.61 Å². The number of rotatable bonds is 3. The summed E-state index contributed by atoms with van der Waals surface area (Å²) in [7, 11) is 0. The van der Waals surface area contributed by atoms with Crippen LogP contribution < -0.4 is 0 Å². The minimum atomic E-state index is 0.118. The van der Waals surface area contributed by atoms with Crippen molar-refractivity contribution in [3.63, 3.8) is 0 Å². The van der Waals surface area contributed by atoms with E-state index in [4.69, 9.17) is 4.74 Å². The molecule has 0 radical (unpaired) electrons. The number of piperazine rings is 1. The third-order valence-corrected chi connectivity index (χ3v) is 3.12. The SMILES string of the molecule is CC(C)OCC(=O)N1CCN(C(C)(C)C)CC1. The van der Waals surface area contributed by atoms with Crippen molar-refractivity contribution < 1.29 is 9.53 Å². The summed E-state index contributed by atoms with van der Waals surface area (Å²) < 4.78 is 5.35. The van der Waals surface area contributed by atoms with E-state index in [1.807, 2.05) is 18.7 Å². The number of ether oxygens (including phenoxy) is 1. The van der Waals surface area contributed by atoms with Crippen molar-refractivity contribution in [3.8, 4) is 0 Å². The average molecular weight is 242 g/mol. The predicted octanol–water partition coefficient (Wildman–Crippen LogP) is 1.35. The molecular formula is C13H26N2O2. The standard InChI is InChI=1S/C13H26N2O2/c1-11(2)17-10-12(16)14-6-8-15(9-7-14)13(3,4)5/h11H,6-10H2,1-5H3. The van der Waals surface area contributed by atoms with Gasteiger partial charge in [-0.1, -0.05) is 0 Å². The normalized spacial score (nSPS) is 18.8. The van der Waals surface area contributed by atoms with Crippen molar-refractivity contribution in [2.45, 2.75) is 46.3 Å². The Morgan fingerprint density at radius 3 is 2.12 bits per heavy atom. The van der Waals surface area contributed by atoms with Gasteiger partial charge in [0.05, 0.1) is 6.10 Å². The van der Waals surface area contributed by atoms with Crippen molar-refractivity contribution >= 4 is 5.91 Å². The lowest BCUT2D eigenvalue weighted by atomic mass is 10.1. The lowest BCUT2D eigenvalue weighted by molar-refractivity contribution is -0.140. The van der Waals surface area contributed by atoms with Gasteiger partial charge in [0.2, 0.25) is 5.91 Å². The molecule has 0 N–H and O–H groups in total. The molecule has 1 fully saturated rings. The Kier molecular flexibility index (Phi) is 4.95. The van der Waals surface area contributed by atoms with E-state index in [2.05, 4.69) is 25.7 Å². The molecule has 0 atom stereocenters. The molecule has 1 rings (SSSR count). The number of hydrogen-bond acceptors (Lipinski definition) is 3. The van der Waals surface area contributed by atoms with Crippen LogP contribution in [0.1, 0.15) is 34.6 Å². The summed E-state index contributed by atoms with van der Waals surface area (Å²) in [5.74, 6) is 0.118. The summed E-state index contributed by atoms with van der Waals surface area (Å²) in [4.78, 5) is 16.2. The molecule has 4 heteroatoms. The molecule has 4 nitrogen and oxygen atoms in total. The first kappa shape index (κ1) is 14.5. The highest BCUT2D eigenvalue weighted by Gasteiger charge is 2.27. The van der Waals surface area contributed by atoms with Crippen molar-refractivity contribution in [1.82, 2.24) is 9.80 Å². The van der Waals surface area contributed by atoms with E-state index < -0.39 is 0 Å². The van der Waals surface area contributed by atoms with Gasteiger partial charge in [0, 0.05) is 31.7 Å². The predicted molar refractivity (Wildman–Crippen MR) is 69.0 cm³/mol. The van der Waals surface area contributed by atoms with Gasteiger partial charge in [-0.15, -0.1) is 0 Å². The Morgan fingerprint density at radius 2 is 1.71 bits per heavy atom. The summed E-state index contributed by atoms with van der Waals surface area (Å²) in [6.45, 7) is 14.3. The van der Waals surface area contributed by atoms with Gasteiger partial charge in [-0.25, -0.2) is 0 Å². The molecule has 0 saturated carbocycles. The van der Waals surface area contributed by atoms with Crippen LogP contribution >= 0.6 is 0 Å². The topological polar surface area (TPSA) is 32.8 Å². The van der Waals surface area contributed by atoms with Crippen molar-refractivity contribution in [1.29, 1.82) is 0 Å². The van der Waals surface area contributed by atoms with Gasteiger partial charge in [-0.2, -0.15) is 0 Å². The van der Waals surface area contributed by atoms with Crippen LogP contribution in [0.3, 0.4) is 0 Å². The van der Waals surface area contributed by atoms with Gasteiger partial charge in [0.15, 0.2) is 0 Å². The van der Waals surface area contributed by atoms with Gasteiger partial charge in [0.25, 0.3) is 0 Å². The summed E-state index contributed by atoms with van der Waals surface area (Å²) in [6, 6.07) is 0. The number of hydrogen-bond donors (Lipinski definition) is 0. The van der Waals surface area contributed by atoms with E-state index >= 15 is 0 Å². The summed E-state index contributed by atoms with van der Waals surface area (Å²) in [5, 5.41) is 0. The van der Waals surface area contributed by atoms with Crippen LogP contribution in [-0.4, -0.2) is 60.1 Å². The molecule has 17 heavy (non-hydrogen) atoms. The van der Waals surface area contributed by atoms with E-state index in [9.17, 15) is 4.79 Å². The molecule has 1 aliphatic heterocycles. The highest BCUT2D eigenvalue weighted by atomic mass is 16.5. The molecule has 0 bridgehead atoms.